The van der Waals surface area contributed by atoms with Gasteiger partial charge < -0.3 is 0 Å². The van der Waals surface area contributed by atoms with Gasteiger partial charge in [-0.15, -0.1) is 0 Å². The lowest BCUT2D eigenvalue weighted by Crippen LogP contribution is -2.32. The SMILES string of the molecule is FC(F)(F)/C(Cl)=C(\CN1CCCCC1)c1ccccc1. The second-order valence-corrected chi connectivity index (χ2v) is 5.37. The molecule has 1 aliphatic heterocycles. The van der Waals surface area contributed by atoms with E-state index in [0.29, 0.717) is 5.56 Å². The molecule has 0 aromatic heterocycles. The van der Waals surface area contributed by atoms with E-state index < -0.39 is 11.2 Å². The van der Waals surface area contributed by atoms with Crippen molar-refractivity contribution in [2.45, 2.75) is 25.4 Å². The molecule has 0 atom stereocenters. The minimum Gasteiger partial charge on any atom is -0.299 e. The number of likely N-dealkylation sites (tertiary alicyclic amines) is 1. The van der Waals surface area contributed by atoms with E-state index in [0.717, 1.165) is 32.4 Å². The van der Waals surface area contributed by atoms with Crippen LogP contribution in [-0.4, -0.2) is 30.7 Å². The Bertz CT molecular complexity index is 462. The monoisotopic (exact) mass is 303 g/mol. The van der Waals surface area contributed by atoms with E-state index in [2.05, 4.69) is 0 Å². The summed E-state index contributed by atoms with van der Waals surface area (Å²) in [5.74, 6) is 0. The summed E-state index contributed by atoms with van der Waals surface area (Å²) in [5, 5.41) is -1.01. The molecule has 2 rings (SSSR count). The summed E-state index contributed by atoms with van der Waals surface area (Å²) in [6.07, 6.45) is -1.28. The van der Waals surface area contributed by atoms with Crippen LogP contribution in [0.5, 0.6) is 0 Å². The molecular formula is C15H17ClF3N. The lowest BCUT2D eigenvalue weighted by Gasteiger charge is -2.28. The molecule has 0 amide bonds. The van der Waals surface area contributed by atoms with Crippen molar-refractivity contribution in [3.8, 4) is 0 Å². The van der Waals surface area contributed by atoms with Gasteiger partial charge in [0.05, 0.1) is 0 Å². The van der Waals surface area contributed by atoms with E-state index >= 15 is 0 Å². The summed E-state index contributed by atoms with van der Waals surface area (Å²) in [7, 11) is 0. The Morgan fingerprint density at radius 3 is 2.20 bits per heavy atom. The number of halogens is 4. The third kappa shape index (κ3) is 4.00. The Labute approximate surface area is 122 Å². The molecule has 1 nitrogen and oxygen atoms in total. The molecule has 0 unspecified atom stereocenters. The minimum absolute atomic E-state index is 0.168. The van der Waals surface area contributed by atoms with Gasteiger partial charge in [-0.05, 0) is 37.1 Å². The topological polar surface area (TPSA) is 3.24 Å². The number of rotatable bonds is 3. The maximum Gasteiger partial charge on any atom is 0.427 e. The van der Waals surface area contributed by atoms with Gasteiger partial charge in [-0.1, -0.05) is 48.4 Å². The van der Waals surface area contributed by atoms with Gasteiger partial charge in [-0.25, -0.2) is 0 Å². The second kappa shape index (κ2) is 6.64. The summed E-state index contributed by atoms with van der Waals surface area (Å²) in [4.78, 5) is 2.04. The van der Waals surface area contributed by atoms with Crippen molar-refractivity contribution in [1.82, 2.24) is 4.90 Å². The lowest BCUT2D eigenvalue weighted by atomic mass is 10.0. The molecule has 0 radical (unpaired) electrons. The smallest absolute Gasteiger partial charge is 0.299 e. The van der Waals surface area contributed by atoms with Gasteiger partial charge in [-0.2, -0.15) is 13.2 Å². The molecule has 0 spiro atoms. The third-order valence-corrected chi connectivity index (χ3v) is 3.91. The number of hydrogen-bond acceptors (Lipinski definition) is 1. The summed E-state index contributed by atoms with van der Waals surface area (Å²) < 4.78 is 38.8. The quantitative estimate of drug-likeness (QED) is 0.783. The van der Waals surface area contributed by atoms with Crippen molar-refractivity contribution in [2.75, 3.05) is 19.6 Å². The normalized spacial score (nSPS) is 18.8. The number of piperidine rings is 1. The molecule has 1 aromatic carbocycles. The Morgan fingerprint density at radius 2 is 1.65 bits per heavy atom. The van der Waals surface area contributed by atoms with Gasteiger partial charge in [0.15, 0.2) is 0 Å². The highest BCUT2D eigenvalue weighted by atomic mass is 35.5. The van der Waals surface area contributed by atoms with E-state index in [1.165, 1.54) is 0 Å². The minimum atomic E-state index is -4.50. The van der Waals surface area contributed by atoms with Crippen molar-refractivity contribution < 1.29 is 13.2 Å². The first-order chi connectivity index (χ1) is 9.48. The molecule has 1 aromatic rings. The molecular weight excluding hydrogens is 287 g/mol. The van der Waals surface area contributed by atoms with E-state index in [1.54, 1.807) is 30.3 Å². The average Bonchev–Trinajstić information content (AvgIpc) is 2.45. The molecule has 110 valence electrons. The summed E-state index contributed by atoms with van der Waals surface area (Å²) in [6.45, 7) is 1.92. The first-order valence-corrected chi connectivity index (χ1v) is 7.10. The van der Waals surface area contributed by atoms with Crippen molar-refractivity contribution in [3.63, 3.8) is 0 Å². The average molecular weight is 304 g/mol. The molecule has 5 heteroatoms. The third-order valence-electron chi connectivity index (χ3n) is 3.47. The van der Waals surface area contributed by atoms with Crippen LogP contribution in [0.3, 0.4) is 0 Å². The van der Waals surface area contributed by atoms with Gasteiger partial charge >= 0.3 is 6.18 Å². The molecule has 0 aliphatic carbocycles. The molecule has 20 heavy (non-hydrogen) atoms. The first-order valence-electron chi connectivity index (χ1n) is 6.72. The zero-order valence-electron chi connectivity index (χ0n) is 11.1. The van der Waals surface area contributed by atoms with Gasteiger partial charge in [-0.3, -0.25) is 4.90 Å². The summed E-state index contributed by atoms with van der Waals surface area (Å²) in [5.41, 5.74) is 0.710. The van der Waals surface area contributed by atoms with Gasteiger partial charge in [0.2, 0.25) is 0 Å². The van der Waals surface area contributed by atoms with E-state index in [1.807, 2.05) is 4.90 Å². The van der Waals surface area contributed by atoms with Crippen LogP contribution < -0.4 is 0 Å². The predicted molar refractivity (Wildman–Crippen MR) is 75.6 cm³/mol. The van der Waals surface area contributed by atoms with Crippen LogP contribution in [-0.2, 0) is 0 Å². The standard InChI is InChI=1S/C15H17ClF3N/c16-14(15(17,18)19)13(12-7-3-1-4-8-12)11-20-9-5-2-6-10-20/h1,3-4,7-8H,2,5-6,9-11H2/b14-13-. The van der Waals surface area contributed by atoms with Crippen LogP contribution in [0.25, 0.3) is 5.57 Å². The molecule has 0 saturated carbocycles. The van der Waals surface area contributed by atoms with Crippen molar-refractivity contribution in [1.29, 1.82) is 0 Å². The zero-order valence-corrected chi connectivity index (χ0v) is 11.8. The molecule has 1 saturated heterocycles. The number of hydrogen-bond donors (Lipinski definition) is 0. The molecule has 1 aliphatic rings. The van der Waals surface area contributed by atoms with Gasteiger partial charge in [0.25, 0.3) is 0 Å². The highest BCUT2D eigenvalue weighted by Gasteiger charge is 2.35. The molecule has 1 fully saturated rings. The maximum absolute atomic E-state index is 12.9. The summed E-state index contributed by atoms with van der Waals surface area (Å²) >= 11 is 5.60. The second-order valence-electron chi connectivity index (χ2n) is 4.99. The Kier molecular flexibility index (Phi) is 5.11. The van der Waals surface area contributed by atoms with Crippen molar-refractivity contribution in [3.05, 3.63) is 40.9 Å². The lowest BCUT2D eigenvalue weighted by molar-refractivity contribution is -0.0841. The Balaban J connectivity index is 2.29. The predicted octanol–water partition coefficient (Wildman–Crippen LogP) is 4.68. The number of benzene rings is 1. The van der Waals surface area contributed by atoms with Gasteiger partial charge in [0.1, 0.15) is 5.03 Å². The van der Waals surface area contributed by atoms with Crippen LogP contribution >= 0.6 is 11.6 Å². The highest BCUT2D eigenvalue weighted by molar-refractivity contribution is 6.33. The van der Waals surface area contributed by atoms with Crippen LogP contribution in [0.15, 0.2) is 35.4 Å². The first kappa shape index (κ1) is 15.4. The fourth-order valence-corrected chi connectivity index (χ4v) is 2.61. The fourth-order valence-electron chi connectivity index (χ4n) is 2.44. The van der Waals surface area contributed by atoms with Gasteiger partial charge in [0, 0.05) is 6.54 Å². The molecule has 1 heterocycles. The van der Waals surface area contributed by atoms with Crippen LogP contribution in [0.2, 0.25) is 0 Å². The number of allylic oxidation sites excluding steroid dienone is 1. The zero-order chi connectivity index (χ0) is 14.6. The maximum atomic E-state index is 12.9. The summed E-state index contributed by atoms with van der Waals surface area (Å²) in [6, 6.07) is 8.59. The van der Waals surface area contributed by atoms with Crippen LogP contribution in [0, 0.1) is 0 Å². The largest absolute Gasteiger partial charge is 0.427 e. The number of nitrogens with zero attached hydrogens (tertiary/aromatic N) is 1. The highest BCUT2D eigenvalue weighted by Crippen LogP contribution is 2.35. The van der Waals surface area contributed by atoms with Crippen molar-refractivity contribution >= 4 is 17.2 Å². The number of alkyl halides is 3. The molecule has 0 N–H and O–H groups in total. The Hall–Kier alpha value is -1.00. The van der Waals surface area contributed by atoms with Crippen LogP contribution in [0.4, 0.5) is 13.2 Å². The van der Waals surface area contributed by atoms with Crippen molar-refractivity contribution in [2.24, 2.45) is 0 Å². The van der Waals surface area contributed by atoms with Crippen LogP contribution in [0.1, 0.15) is 24.8 Å². The molecule has 0 bridgehead atoms. The Morgan fingerprint density at radius 1 is 1.05 bits per heavy atom. The van der Waals surface area contributed by atoms with E-state index in [9.17, 15) is 13.2 Å². The van der Waals surface area contributed by atoms with E-state index in [-0.39, 0.29) is 12.1 Å². The fraction of sp³-hybridized carbons (Fsp3) is 0.467. The van der Waals surface area contributed by atoms with E-state index in [4.69, 9.17) is 11.6 Å².